The number of hydrogen-bond acceptors (Lipinski definition) is 2. The van der Waals surface area contributed by atoms with Gasteiger partial charge in [0.25, 0.3) is 0 Å². The molecular weight excluding hydrogens is 233 g/mol. The van der Waals surface area contributed by atoms with Crippen molar-refractivity contribution in [2.24, 2.45) is 5.73 Å². The predicted molar refractivity (Wildman–Crippen MR) is 67.9 cm³/mol. The van der Waals surface area contributed by atoms with Crippen LogP contribution in [-0.4, -0.2) is 17.1 Å². The Morgan fingerprint density at radius 3 is 2.50 bits per heavy atom. The average molecular weight is 247 g/mol. The molecule has 4 heteroatoms. The van der Waals surface area contributed by atoms with Crippen molar-refractivity contribution < 1.29 is 14.3 Å². The maximum absolute atomic E-state index is 13.9. The summed E-state index contributed by atoms with van der Waals surface area (Å²) in [5.74, 6) is -1.90. The predicted octanol–water partition coefficient (Wildman–Crippen LogP) is 2.49. The van der Waals surface area contributed by atoms with Crippen molar-refractivity contribution in [3.05, 3.63) is 47.8 Å². The molecule has 2 aromatic carbocycles. The van der Waals surface area contributed by atoms with E-state index in [4.69, 9.17) is 10.8 Å². The molecule has 2 aromatic rings. The van der Waals surface area contributed by atoms with E-state index in [-0.39, 0.29) is 5.82 Å². The summed E-state index contributed by atoms with van der Waals surface area (Å²) in [6.07, 6.45) is 0. The summed E-state index contributed by atoms with van der Waals surface area (Å²) in [6.45, 7) is 1.69. The summed E-state index contributed by atoms with van der Waals surface area (Å²) in [5.41, 5.74) is 6.24. The molecule has 0 bridgehead atoms. The Labute approximate surface area is 104 Å². The van der Waals surface area contributed by atoms with E-state index in [1.165, 1.54) is 6.07 Å². The van der Waals surface area contributed by atoms with Gasteiger partial charge in [-0.05, 0) is 17.0 Å². The fourth-order valence-corrected chi connectivity index (χ4v) is 2.11. The highest BCUT2D eigenvalue weighted by molar-refractivity contribution is 5.87. The van der Waals surface area contributed by atoms with Crippen LogP contribution in [0.4, 0.5) is 4.39 Å². The molecule has 0 saturated carbocycles. The van der Waals surface area contributed by atoms with Crippen LogP contribution in [0.2, 0.25) is 0 Å². The van der Waals surface area contributed by atoms with Crippen LogP contribution in [0.25, 0.3) is 10.8 Å². The van der Waals surface area contributed by atoms with Crippen LogP contribution in [-0.2, 0) is 4.79 Å². The molecule has 1 unspecified atom stereocenters. The molecule has 2 rings (SSSR count). The number of carbonyl (C=O) groups is 1. The SMILES string of the molecule is CC(c1cccc2cccc(F)c12)[C@H](N)C(=O)O. The number of nitrogens with two attached hydrogens (primary N) is 1. The second kappa shape index (κ2) is 4.74. The molecule has 0 fully saturated rings. The Bertz CT molecular complexity index is 592. The highest BCUT2D eigenvalue weighted by Crippen LogP contribution is 2.29. The molecule has 2 atom stereocenters. The first kappa shape index (κ1) is 12.5. The monoisotopic (exact) mass is 247 g/mol. The fraction of sp³-hybridized carbons (Fsp3) is 0.214. The molecule has 0 aliphatic rings. The molecule has 0 radical (unpaired) electrons. The van der Waals surface area contributed by atoms with Gasteiger partial charge >= 0.3 is 5.97 Å². The van der Waals surface area contributed by atoms with Crippen LogP contribution in [0.5, 0.6) is 0 Å². The van der Waals surface area contributed by atoms with Gasteiger partial charge in [-0.3, -0.25) is 4.79 Å². The second-order valence-corrected chi connectivity index (χ2v) is 4.34. The van der Waals surface area contributed by atoms with Gasteiger partial charge in [-0.2, -0.15) is 0 Å². The summed E-state index contributed by atoms with van der Waals surface area (Å²) in [7, 11) is 0. The lowest BCUT2D eigenvalue weighted by Gasteiger charge is -2.18. The van der Waals surface area contributed by atoms with Crippen LogP contribution in [0.1, 0.15) is 18.4 Å². The molecule has 0 aliphatic carbocycles. The number of aliphatic carboxylic acids is 1. The third kappa shape index (κ3) is 2.07. The molecule has 0 spiro atoms. The molecule has 3 N–H and O–H groups in total. The van der Waals surface area contributed by atoms with Crippen molar-refractivity contribution in [1.29, 1.82) is 0 Å². The Hall–Kier alpha value is -1.94. The van der Waals surface area contributed by atoms with Gasteiger partial charge in [0.05, 0.1) is 0 Å². The summed E-state index contributed by atoms with van der Waals surface area (Å²) in [5, 5.41) is 10.1. The first-order valence-electron chi connectivity index (χ1n) is 5.68. The molecule has 0 amide bonds. The topological polar surface area (TPSA) is 63.3 Å². The van der Waals surface area contributed by atoms with Gasteiger partial charge in [0.2, 0.25) is 0 Å². The zero-order chi connectivity index (χ0) is 13.3. The van der Waals surface area contributed by atoms with Crippen molar-refractivity contribution in [1.82, 2.24) is 0 Å². The smallest absolute Gasteiger partial charge is 0.321 e. The molecule has 0 aromatic heterocycles. The quantitative estimate of drug-likeness (QED) is 0.875. The minimum atomic E-state index is -1.09. The van der Waals surface area contributed by atoms with Crippen LogP contribution < -0.4 is 5.73 Å². The molecule has 0 saturated heterocycles. The van der Waals surface area contributed by atoms with Crippen LogP contribution in [0.3, 0.4) is 0 Å². The van der Waals surface area contributed by atoms with Gasteiger partial charge in [0.15, 0.2) is 0 Å². The lowest BCUT2D eigenvalue weighted by molar-refractivity contribution is -0.138. The van der Waals surface area contributed by atoms with Crippen molar-refractivity contribution >= 4 is 16.7 Å². The van der Waals surface area contributed by atoms with Crippen LogP contribution in [0.15, 0.2) is 36.4 Å². The first-order chi connectivity index (χ1) is 8.52. The van der Waals surface area contributed by atoms with E-state index >= 15 is 0 Å². The zero-order valence-electron chi connectivity index (χ0n) is 9.93. The van der Waals surface area contributed by atoms with Gasteiger partial charge < -0.3 is 10.8 Å². The summed E-state index contributed by atoms with van der Waals surface area (Å²) in [6, 6.07) is 9.03. The van der Waals surface area contributed by atoms with Crippen LogP contribution in [0, 0.1) is 5.82 Å². The molecule has 0 heterocycles. The Kier molecular flexibility index (Phi) is 3.30. The van der Waals surface area contributed by atoms with E-state index in [9.17, 15) is 9.18 Å². The van der Waals surface area contributed by atoms with Crippen molar-refractivity contribution in [2.45, 2.75) is 18.9 Å². The number of hydrogen-bond donors (Lipinski definition) is 2. The van der Waals surface area contributed by atoms with Gasteiger partial charge in [0.1, 0.15) is 11.9 Å². The lowest BCUT2D eigenvalue weighted by Crippen LogP contribution is -2.35. The molecular formula is C14H14FNO2. The van der Waals surface area contributed by atoms with Crippen molar-refractivity contribution in [3.8, 4) is 0 Å². The number of rotatable bonds is 3. The molecule has 0 aliphatic heterocycles. The average Bonchev–Trinajstić information content (AvgIpc) is 2.36. The summed E-state index contributed by atoms with van der Waals surface area (Å²) < 4.78 is 13.9. The van der Waals surface area contributed by atoms with Crippen molar-refractivity contribution in [2.75, 3.05) is 0 Å². The van der Waals surface area contributed by atoms with Gasteiger partial charge in [-0.25, -0.2) is 4.39 Å². The highest BCUT2D eigenvalue weighted by atomic mass is 19.1. The van der Waals surface area contributed by atoms with E-state index < -0.39 is 17.9 Å². The van der Waals surface area contributed by atoms with Crippen LogP contribution >= 0.6 is 0 Å². The fourth-order valence-electron chi connectivity index (χ4n) is 2.11. The Morgan fingerprint density at radius 1 is 1.28 bits per heavy atom. The largest absolute Gasteiger partial charge is 0.480 e. The highest BCUT2D eigenvalue weighted by Gasteiger charge is 2.23. The Balaban J connectivity index is 2.61. The third-order valence-corrected chi connectivity index (χ3v) is 3.20. The maximum atomic E-state index is 13.9. The summed E-state index contributed by atoms with van der Waals surface area (Å²) >= 11 is 0. The minimum absolute atomic E-state index is 0.354. The lowest BCUT2D eigenvalue weighted by atomic mass is 9.89. The van der Waals surface area contributed by atoms with E-state index in [0.717, 1.165) is 5.39 Å². The molecule has 3 nitrogen and oxygen atoms in total. The Morgan fingerprint density at radius 2 is 1.89 bits per heavy atom. The number of carboxylic acids is 1. The van der Waals surface area contributed by atoms with Crippen molar-refractivity contribution in [3.63, 3.8) is 0 Å². The third-order valence-electron chi connectivity index (χ3n) is 3.20. The van der Waals surface area contributed by atoms with E-state index in [1.54, 1.807) is 37.3 Å². The second-order valence-electron chi connectivity index (χ2n) is 4.34. The number of carboxylic acid groups (broad SMARTS) is 1. The molecule has 94 valence electrons. The number of benzene rings is 2. The van der Waals surface area contributed by atoms with E-state index in [2.05, 4.69) is 0 Å². The van der Waals surface area contributed by atoms with E-state index in [1.807, 2.05) is 0 Å². The standard InChI is InChI=1S/C14H14FNO2/c1-8(13(16)14(17)18)10-6-2-4-9-5-3-7-11(15)12(9)10/h2-8,13H,16H2,1H3,(H,17,18)/t8?,13-/m0/s1. The van der Waals surface area contributed by atoms with Gasteiger partial charge in [-0.15, -0.1) is 0 Å². The zero-order valence-corrected chi connectivity index (χ0v) is 9.93. The number of halogens is 1. The van der Waals surface area contributed by atoms with E-state index in [0.29, 0.717) is 10.9 Å². The first-order valence-corrected chi connectivity index (χ1v) is 5.68. The molecule has 18 heavy (non-hydrogen) atoms. The van der Waals surface area contributed by atoms with Gasteiger partial charge in [0, 0.05) is 11.3 Å². The minimum Gasteiger partial charge on any atom is -0.480 e. The summed E-state index contributed by atoms with van der Waals surface area (Å²) in [4.78, 5) is 10.9. The van der Waals surface area contributed by atoms with Gasteiger partial charge in [-0.1, -0.05) is 37.3 Å². The normalized spacial score (nSPS) is 14.4. The maximum Gasteiger partial charge on any atom is 0.321 e. The number of fused-ring (bicyclic) bond motifs is 1.